The number of hydrogen-bond donors (Lipinski definition) is 0. The number of hydrogen-bond acceptors (Lipinski definition) is 4. The van der Waals surface area contributed by atoms with E-state index < -0.39 is 5.97 Å². The molecule has 1 rings (SSSR count). The molecule has 1 aromatic rings. The van der Waals surface area contributed by atoms with Crippen molar-refractivity contribution in [2.75, 3.05) is 6.61 Å². The van der Waals surface area contributed by atoms with Crippen LogP contribution >= 0.6 is 27.3 Å². The highest BCUT2D eigenvalue weighted by atomic mass is 79.9. The van der Waals surface area contributed by atoms with Crippen molar-refractivity contribution in [3.05, 3.63) is 25.9 Å². The van der Waals surface area contributed by atoms with E-state index in [1.807, 2.05) is 12.1 Å². The molecular weight excluding hydrogens is 302 g/mol. The summed E-state index contributed by atoms with van der Waals surface area (Å²) in [5.74, 6) is -0.572. The van der Waals surface area contributed by atoms with Crippen LogP contribution in [-0.4, -0.2) is 12.6 Å². The average Bonchev–Trinajstić information content (AvgIpc) is 2.66. The van der Waals surface area contributed by atoms with Crippen molar-refractivity contribution in [3.63, 3.8) is 0 Å². The molecule has 0 aromatic carbocycles. The van der Waals surface area contributed by atoms with E-state index in [2.05, 4.69) is 22.9 Å². The number of rotatable bonds is 4. The van der Waals surface area contributed by atoms with E-state index in [1.54, 1.807) is 24.3 Å². The Kier molecular flexibility index (Phi) is 5.39. The van der Waals surface area contributed by atoms with Crippen molar-refractivity contribution in [1.82, 2.24) is 0 Å². The Labute approximate surface area is 113 Å². The predicted octanol–water partition coefficient (Wildman–Crippen LogP) is 3.54. The van der Waals surface area contributed by atoms with E-state index in [9.17, 15) is 4.79 Å². The summed E-state index contributed by atoms with van der Waals surface area (Å²) in [4.78, 5) is 13.5. The largest absolute Gasteiger partial charge is 0.462 e. The molecule has 3 nitrogen and oxygen atoms in total. The van der Waals surface area contributed by atoms with Crippen molar-refractivity contribution in [2.45, 2.75) is 20.3 Å². The van der Waals surface area contributed by atoms with Gasteiger partial charge in [-0.1, -0.05) is 6.92 Å². The zero-order chi connectivity index (χ0) is 12.8. The van der Waals surface area contributed by atoms with Gasteiger partial charge in [-0.2, -0.15) is 5.26 Å². The molecule has 0 saturated heterocycles. The Morgan fingerprint density at radius 2 is 2.35 bits per heavy atom. The zero-order valence-corrected chi connectivity index (χ0v) is 12.0. The topological polar surface area (TPSA) is 50.1 Å². The molecule has 0 radical (unpaired) electrons. The molecule has 1 aromatic heterocycles. The lowest BCUT2D eigenvalue weighted by atomic mass is 10.2. The molecule has 5 heteroatoms. The summed E-state index contributed by atoms with van der Waals surface area (Å²) in [6.07, 6.45) is 2.48. The van der Waals surface area contributed by atoms with Crippen LogP contribution < -0.4 is 0 Å². The molecule has 0 bridgehead atoms. The lowest BCUT2D eigenvalue weighted by molar-refractivity contribution is -0.137. The summed E-state index contributed by atoms with van der Waals surface area (Å²) in [5, 5.41) is 8.89. The molecule has 0 amide bonds. The summed E-state index contributed by atoms with van der Waals surface area (Å²) in [6.45, 7) is 4.04. The number of thiophene rings is 1. The van der Waals surface area contributed by atoms with Crippen LogP contribution in [0.5, 0.6) is 0 Å². The quantitative estimate of drug-likeness (QED) is 0.485. The Bertz CT molecular complexity index is 485. The molecule has 0 unspecified atom stereocenters. The van der Waals surface area contributed by atoms with Crippen molar-refractivity contribution < 1.29 is 9.53 Å². The molecule has 0 aliphatic carbocycles. The van der Waals surface area contributed by atoms with Crippen LogP contribution in [0.1, 0.15) is 23.6 Å². The fourth-order valence-corrected chi connectivity index (χ4v) is 3.09. The van der Waals surface area contributed by atoms with Gasteiger partial charge in [0.25, 0.3) is 0 Å². The van der Waals surface area contributed by atoms with Crippen LogP contribution in [0.2, 0.25) is 0 Å². The minimum absolute atomic E-state index is 0.0308. The van der Waals surface area contributed by atoms with Gasteiger partial charge >= 0.3 is 5.97 Å². The van der Waals surface area contributed by atoms with Gasteiger partial charge in [0, 0.05) is 14.2 Å². The molecule has 0 saturated carbocycles. The summed E-state index contributed by atoms with van der Waals surface area (Å²) in [7, 11) is 0. The first-order chi connectivity index (χ1) is 8.12. The maximum Gasteiger partial charge on any atom is 0.348 e. The number of ether oxygens (including phenoxy) is 1. The molecule has 90 valence electrons. The van der Waals surface area contributed by atoms with Crippen LogP contribution in [-0.2, 0) is 16.0 Å². The van der Waals surface area contributed by atoms with Gasteiger partial charge < -0.3 is 4.74 Å². The van der Waals surface area contributed by atoms with E-state index >= 15 is 0 Å². The van der Waals surface area contributed by atoms with Crippen LogP contribution in [0, 0.1) is 11.3 Å². The Hall–Kier alpha value is -1.12. The van der Waals surface area contributed by atoms with Crippen LogP contribution in [0.25, 0.3) is 6.08 Å². The van der Waals surface area contributed by atoms with Crippen molar-refractivity contribution in [3.8, 4) is 6.07 Å². The van der Waals surface area contributed by atoms with Gasteiger partial charge in [-0.3, -0.25) is 0 Å². The highest BCUT2D eigenvalue weighted by Gasteiger charge is 2.11. The SMILES string of the molecule is CCOC(=O)/C(C#N)=C/c1cc(Br)c(CC)s1. The molecule has 0 spiro atoms. The molecular formula is C12H12BrNO2S. The predicted molar refractivity (Wildman–Crippen MR) is 71.6 cm³/mol. The highest BCUT2D eigenvalue weighted by Crippen LogP contribution is 2.29. The lowest BCUT2D eigenvalue weighted by Crippen LogP contribution is -2.05. The van der Waals surface area contributed by atoms with Gasteiger partial charge in [-0.15, -0.1) is 11.3 Å². The monoisotopic (exact) mass is 313 g/mol. The molecule has 0 atom stereocenters. The summed E-state index contributed by atoms with van der Waals surface area (Å²) < 4.78 is 5.81. The number of esters is 1. The summed E-state index contributed by atoms with van der Waals surface area (Å²) >= 11 is 5.00. The average molecular weight is 314 g/mol. The Balaban J connectivity index is 2.99. The first kappa shape index (κ1) is 13.9. The second-order valence-corrected chi connectivity index (χ2v) is 5.19. The maximum atomic E-state index is 11.4. The van der Waals surface area contributed by atoms with E-state index in [0.29, 0.717) is 0 Å². The second-order valence-electron chi connectivity index (χ2n) is 3.16. The van der Waals surface area contributed by atoms with Crippen LogP contribution in [0.3, 0.4) is 0 Å². The summed E-state index contributed by atoms with van der Waals surface area (Å²) in [5.41, 5.74) is 0.0308. The number of nitrogens with zero attached hydrogens (tertiary/aromatic N) is 1. The van der Waals surface area contributed by atoms with E-state index in [0.717, 1.165) is 15.8 Å². The number of carbonyl (C=O) groups is 1. The maximum absolute atomic E-state index is 11.4. The first-order valence-electron chi connectivity index (χ1n) is 5.19. The van der Waals surface area contributed by atoms with Crippen LogP contribution in [0.15, 0.2) is 16.1 Å². The highest BCUT2D eigenvalue weighted by molar-refractivity contribution is 9.10. The number of aryl methyl sites for hydroxylation is 1. The minimum atomic E-state index is -0.572. The molecule has 0 N–H and O–H groups in total. The number of nitriles is 1. The normalized spacial score (nSPS) is 11.1. The fraction of sp³-hybridized carbons (Fsp3) is 0.333. The second kappa shape index (κ2) is 6.58. The van der Waals surface area contributed by atoms with Crippen LogP contribution in [0.4, 0.5) is 0 Å². The third kappa shape index (κ3) is 3.69. The van der Waals surface area contributed by atoms with Gasteiger partial charge in [-0.05, 0) is 41.4 Å². The molecule has 17 heavy (non-hydrogen) atoms. The van der Waals surface area contributed by atoms with E-state index in [1.165, 1.54) is 4.88 Å². The molecule has 0 aliphatic heterocycles. The van der Waals surface area contributed by atoms with Gasteiger partial charge in [0.05, 0.1) is 6.61 Å². The first-order valence-corrected chi connectivity index (χ1v) is 6.80. The molecule has 0 aliphatic rings. The number of carbonyl (C=O) groups excluding carboxylic acids is 1. The van der Waals surface area contributed by atoms with Crippen molar-refractivity contribution >= 4 is 39.3 Å². The minimum Gasteiger partial charge on any atom is -0.462 e. The Morgan fingerprint density at radius 3 is 2.82 bits per heavy atom. The van der Waals surface area contributed by atoms with Gasteiger partial charge in [0.1, 0.15) is 11.6 Å². The summed E-state index contributed by atoms with van der Waals surface area (Å²) in [6, 6.07) is 3.76. The van der Waals surface area contributed by atoms with Gasteiger partial charge in [0.15, 0.2) is 0 Å². The molecule has 0 fully saturated rings. The third-order valence-corrected chi connectivity index (χ3v) is 4.20. The molecule has 1 heterocycles. The van der Waals surface area contributed by atoms with Crippen molar-refractivity contribution in [1.29, 1.82) is 5.26 Å². The van der Waals surface area contributed by atoms with Gasteiger partial charge in [-0.25, -0.2) is 4.79 Å². The third-order valence-electron chi connectivity index (χ3n) is 2.00. The fourth-order valence-electron chi connectivity index (χ4n) is 1.23. The van der Waals surface area contributed by atoms with E-state index in [4.69, 9.17) is 10.00 Å². The lowest BCUT2D eigenvalue weighted by Gasteiger charge is -1.97. The smallest absolute Gasteiger partial charge is 0.348 e. The standard InChI is InChI=1S/C12H12BrNO2S/c1-3-11-10(13)6-9(17-11)5-8(7-14)12(15)16-4-2/h5-6H,3-4H2,1-2H3/b8-5+. The number of halogens is 1. The van der Waals surface area contributed by atoms with Crippen molar-refractivity contribution in [2.24, 2.45) is 0 Å². The Morgan fingerprint density at radius 1 is 1.65 bits per heavy atom. The van der Waals surface area contributed by atoms with Gasteiger partial charge in [0.2, 0.25) is 0 Å². The zero-order valence-electron chi connectivity index (χ0n) is 9.62. The van der Waals surface area contributed by atoms with E-state index in [-0.39, 0.29) is 12.2 Å².